The first-order chi connectivity index (χ1) is 7.27. The van der Waals surface area contributed by atoms with E-state index in [1.165, 1.54) is 6.07 Å². The van der Waals surface area contributed by atoms with Gasteiger partial charge in [-0.2, -0.15) is 0 Å². The minimum atomic E-state index is -0.336. The van der Waals surface area contributed by atoms with E-state index in [2.05, 4.69) is 10.7 Å². The normalized spacial score (nSPS) is 10.3. The molecule has 0 amide bonds. The van der Waals surface area contributed by atoms with E-state index in [1.54, 1.807) is 6.07 Å². The first-order valence-electron chi connectivity index (χ1n) is 4.83. The molecule has 15 heavy (non-hydrogen) atoms. The number of nitrogens with one attached hydrogen (secondary N) is 2. The van der Waals surface area contributed by atoms with Crippen molar-refractivity contribution in [1.29, 1.82) is 0 Å². The third-order valence-electron chi connectivity index (χ3n) is 1.85. The molecule has 0 radical (unpaired) electrons. The Hall–Kier alpha value is -1.17. The number of halogens is 1. The van der Waals surface area contributed by atoms with Gasteiger partial charge in [0.15, 0.2) is 11.6 Å². The van der Waals surface area contributed by atoms with Crippen LogP contribution < -0.4 is 21.3 Å². The fourth-order valence-electron chi connectivity index (χ4n) is 1.21. The van der Waals surface area contributed by atoms with Crippen LogP contribution in [-0.2, 0) is 6.54 Å². The number of hydrogen-bond acceptors (Lipinski definition) is 4. The summed E-state index contributed by atoms with van der Waals surface area (Å²) in [5, 5.41) is 2.99. The Labute approximate surface area is 88.6 Å². The van der Waals surface area contributed by atoms with Gasteiger partial charge < -0.3 is 4.74 Å². The Morgan fingerprint density at radius 2 is 2.27 bits per heavy atom. The summed E-state index contributed by atoms with van der Waals surface area (Å²) in [5.41, 5.74) is 3.31. The second-order valence-electron chi connectivity index (χ2n) is 3.01. The predicted molar refractivity (Wildman–Crippen MR) is 56.6 cm³/mol. The number of hydrazine groups is 1. The van der Waals surface area contributed by atoms with Crippen molar-refractivity contribution >= 4 is 0 Å². The predicted octanol–water partition coefficient (Wildman–Crippen LogP) is 0.735. The molecule has 0 saturated carbocycles. The number of benzene rings is 1. The summed E-state index contributed by atoms with van der Waals surface area (Å²) in [5.74, 6) is 5.03. The van der Waals surface area contributed by atoms with Gasteiger partial charge in [-0.1, -0.05) is 6.07 Å². The average molecular weight is 213 g/mol. The van der Waals surface area contributed by atoms with Crippen molar-refractivity contribution in [3.05, 3.63) is 29.6 Å². The van der Waals surface area contributed by atoms with Crippen LogP contribution >= 0.6 is 0 Å². The lowest BCUT2D eigenvalue weighted by Crippen LogP contribution is -2.33. The molecule has 4 nitrogen and oxygen atoms in total. The van der Waals surface area contributed by atoms with Gasteiger partial charge in [0.2, 0.25) is 0 Å². The van der Waals surface area contributed by atoms with Gasteiger partial charge in [0.25, 0.3) is 0 Å². The Morgan fingerprint density at radius 1 is 1.47 bits per heavy atom. The van der Waals surface area contributed by atoms with Crippen molar-refractivity contribution in [2.24, 2.45) is 5.84 Å². The minimum absolute atomic E-state index is 0.290. The van der Waals surface area contributed by atoms with Crippen LogP contribution in [0, 0.1) is 5.82 Å². The van der Waals surface area contributed by atoms with Gasteiger partial charge in [-0.25, -0.2) is 9.82 Å². The molecule has 0 aliphatic heterocycles. The van der Waals surface area contributed by atoms with Gasteiger partial charge >= 0.3 is 0 Å². The molecule has 4 N–H and O–H groups in total. The monoisotopic (exact) mass is 213 g/mol. The lowest BCUT2D eigenvalue weighted by atomic mass is 10.2. The number of nitrogens with two attached hydrogens (primary N) is 1. The Balaban J connectivity index is 2.56. The molecular weight excluding hydrogens is 197 g/mol. The van der Waals surface area contributed by atoms with Crippen LogP contribution in [-0.4, -0.2) is 13.3 Å². The maximum absolute atomic E-state index is 13.4. The van der Waals surface area contributed by atoms with Crippen LogP contribution in [0.25, 0.3) is 0 Å². The standard InChI is InChI=1S/C10H16FN3O/c1-2-15-10-4-3-8(5-9(10)11)6-13-7-14-12/h3-5,13-14H,2,6-7,12H2,1H3. The molecule has 0 atom stereocenters. The molecule has 84 valence electrons. The highest BCUT2D eigenvalue weighted by Crippen LogP contribution is 2.17. The molecule has 0 aromatic heterocycles. The summed E-state index contributed by atoms with van der Waals surface area (Å²) in [6, 6.07) is 4.90. The smallest absolute Gasteiger partial charge is 0.165 e. The summed E-state index contributed by atoms with van der Waals surface area (Å²) in [6.45, 7) is 3.33. The Kier molecular flexibility index (Phi) is 5.03. The van der Waals surface area contributed by atoms with Crippen molar-refractivity contribution < 1.29 is 9.13 Å². The van der Waals surface area contributed by atoms with E-state index in [0.717, 1.165) is 5.56 Å². The molecule has 0 spiro atoms. The van der Waals surface area contributed by atoms with Crippen molar-refractivity contribution in [1.82, 2.24) is 10.7 Å². The fraction of sp³-hybridized carbons (Fsp3) is 0.400. The third-order valence-corrected chi connectivity index (χ3v) is 1.85. The van der Waals surface area contributed by atoms with Crippen molar-refractivity contribution in [3.8, 4) is 5.75 Å². The highest BCUT2D eigenvalue weighted by molar-refractivity contribution is 5.29. The summed E-state index contributed by atoms with van der Waals surface area (Å²) in [4.78, 5) is 0. The summed E-state index contributed by atoms with van der Waals surface area (Å²) in [6.07, 6.45) is 0. The van der Waals surface area contributed by atoms with E-state index in [4.69, 9.17) is 10.6 Å². The minimum Gasteiger partial charge on any atom is -0.491 e. The van der Waals surface area contributed by atoms with Crippen LogP contribution in [0.4, 0.5) is 4.39 Å². The van der Waals surface area contributed by atoms with Crippen LogP contribution in [0.2, 0.25) is 0 Å². The van der Waals surface area contributed by atoms with Crippen molar-refractivity contribution in [2.75, 3.05) is 13.3 Å². The molecule has 1 rings (SSSR count). The third kappa shape index (κ3) is 3.83. The highest BCUT2D eigenvalue weighted by Gasteiger charge is 2.03. The molecule has 0 bridgehead atoms. The first-order valence-corrected chi connectivity index (χ1v) is 4.83. The zero-order valence-electron chi connectivity index (χ0n) is 8.72. The molecule has 0 fully saturated rings. The number of ether oxygens (including phenoxy) is 1. The maximum atomic E-state index is 13.4. The molecular formula is C10H16FN3O. The summed E-state index contributed by atoms with van der Waals surface area (Å²) < 4.78 is 18.4. The number of hydrogen-bond donors (Lipinski definition) is 3. The molecule has 0 heterocycles. The number of rotatable bonds is 6. The van der Waals surface area contributed by atoms with Gasteiger partial charge in [-0.05, 0) is 24.6 Å². The summed E-state index contributed by atoms with van der Waals surface area (Å²) >= 11 is 0. The van der Waals surface area contributed by atoms with Crippen molar-refractivity contribution in [3.63, 3.8) is 0 Å². The lowest BCUT2D eigenvalue weighted by molar-refractivity contribution is 0.321. The van der Waals surface area contributed by atoms with Gasteiger partial charge in [0, 0.05) is 6.54 Å². The molecule has 1 aromatic rings. The quantitative estimate of drug-likeness (QED) is 0.282. The molecule has 1 aromatic carbocycles. The average Bonchev–Trinajstić information content (AvgIpc) is 2.23. The van der Waals surface area contributed by atoms with Gasteiger partial charge in [0.05, 0.1) is 13.3 Å². The Bertz CT molecular complexity index is 307. The second kappa shape index (κ2) is 6.34. The molecule has 0 saturated heterocycles. The molecule has 0 unspecified atom stereocenters. The van der Waals surface area contributed by atoms with Gasteiger partial charge in [-0.15, -0.1) is 0 Å². The van der Waals surface area contributed by atoms with Gasteiger partial charge in [0.1, 0.15) is 0 Å². The van der Waals surface area contributed by atoms with Crippen LogP contribution in [0.1, 0.15) is 12.5 Å². The maximum Gasteiger partial charge on any atom is 0.165 e. The molecule has 0 aliphatic rings. The first kappa shape index (κ1) is 11.9. The van der Waals surface area contributed by atoms with E-state index in [1.807, 2.05) is 13.0 Å². The lowest BCUT2D eigenvalue weighted by Gasteiger charge is -2.07. The van der Waals surface area contributed by atoms with Crippen LogP contribution in [0.15, 0.2) is 18.2 Å². The topological polar surface area (TPSA) is 59.3 Å². The van der Waals surface area contributed by atoms with E-state index >= 15 is 0 Å². The zero-order valence-corrected chi connectivity index (χ0v) is 8.72. The highest BCUT2D eigenvalue weighted by atomic mass is 19.1. The van der Waals surface area contributed by atoms with E-state index < -0.39 is 0 Å². The Morgan fingerprint density at radius 3 is 2.87 bits per heavy atom. The largest absolute Gasteiger partial charge is 0.491 e. The second-order valence-corrected chi connectivity index (χ2v) is 3.01. The van der Waals surface area contributed by atoms with E-state index in [9.17, 15) is 4.39 Å². The zero-order chi connectivity index (χ0) is 11.1. The van der Waals surface area contributed by atoms with Crippen molar-refractivity contribution in [2.45, 2.75) is 13.5 Å². The molecule has 0 aliphatic carbocycles. The fourth-order valence-corrected chi connectivity index (χ4v) is 1.21. The van der Waals surface area contributed by atoms with Crippen LogP contribution in [0.5, 0.6) is 5.75 Å². The molecule has 5 heteroatoms. The van der Waals surface area contributed by atoms with Crippen LogP contribution in [0.3, 0.4) is 0 Å². The summed E-state index contributed by atoms with van der Waals surface area (Å²) in [7, 11) is 0. The van der Waals surface area contributed by atoms with Gasteiger partial charge in [-0.3, -0.25) is 11.2 Å². The SMILES string of the molecule is CCOc1ccc(CNCNN)cc1F. The van der Waals surface area contributed by atoms with E-state index in [-0.39, 0.29) is 11.6 Å². The van der Waals surface area contributed by atoms with E-state index in [0.29, 0.717) is 19.8 Å².